The highest BCUT2D eigenvalue weighted by Crippen LogP contribution is 2.36. The number of nitro benzene ring substituents is 1. The number of aromatic nitrogens is 2. The highest BCUT2D eigenvalue weighted by atomic mass is 32.2. The van der Waals surface area contributed by atoms with E-state index in [1.54, 1.807) is 0 Å². The molecule has 1 aromatic heterocycles. The maximum Gasteiger partial charge on any atom is 0.342 e. The molecular weight excluding hydrogens is 406 g/mol. The van der Waals surface area contributed by atoms with Crippen molar-refractivity contribution in [3.05, 3.63) is 45.2 Å². The Morgan fingerprint density at radius 2 is 2.14 bits per heavy atom. The number of quaternary nitrogens is 1. The van der Waals surface area contributed by atoms with Gasteiger partial charge in [-0.3, -0.25) is 14.8 Å². The Kier molecular flexibility index (Phi) is 6.25. The van der Waals surface area contributed by atoms with Crippen molar-refractivity contribution in [3.63, 3.8) is 0 Å². The van der Waals surface area contributed by atoms with Crippen molar-refractivity contribution in [2.75, 3.05) is 26.0 Å². The van der Waals surface area contributed by atoms with Crippen LogP contribution in [0.3, 0.4) is 0 Å². The standard InChI is InChI=1S/C16H19N5O5S2/c1-3-8-19-9-13(21(25,10-19)15-17-18-16(27-2)28-15)26-14(22)11-4-6-12(7-5-11)20(23)24/h4-7,13H,3,8-10H2,1-2H3. The van der Waals surface area contributed by atoms with E-state index in [1.165, 1.54) is 47.4 Å². The second kappa shape index (κ2) is 8.49. The van der Waals surface area contributed by atoms with Crippen molar-refractivity contribution in [2.24, 2.45) is 0 Å². The van der Waals surface area contributed by atoms with Crippen LogP contribution in [0.15, 0.2) is 28.6 Å². The first kappa shape index (κ1) is 20.6. The molecule has 2 aromatic rings. The smallest absolute Gasteiger partial charge is 0.342 e. The van der Waals surface area contributed by atoms with Crippen LogP contribution in [0.5, 0.6) is 0 Å². The number of benzene rings is 1. The van der Waals surface area contributed by atoms with Crippen LogP contribution in [0.4, 0.5) is 10.8 Å². The second-order valence-electron chi connectivity index (χ2n) is 6.23. The van der Waals surface area contributed by atoms with Crippen LogP contribution in [-0.4, -0.2) is 58.2 Å². The average Bonchev–Trinajstić information content (AvgIpc) is 3.28. The number of esters is 1. The summed E-state index contributed by atoms with van der Waals surface area (Å²) in [6.07, 6.45) is 1.71. The molecule has 0 saturated carbocycles. The molecule has 0 amide bonds. The van der Waals surface area contributed by atoms with Crippen molar-refractivity contribution in [1.29, 1.82) is 0 Å². The fraction of sp³-hybridized carbons (Fsp3) is 0.438. The molecule has 1 fully saturated rings. The Hall–Kier alpha value is -2.12. The summed E-state index contributed by atoms with van der Waals surface area (Å²) in [5.74, 6) is -0.703. The quantitative estimate of drug-likeness (QED) is 0.165. The first-order valence-electron chi connectivity index (χ1n) is 8.52. The molecule has 0 spiro atoms. The van der Waals surface area contributed by atoms with Crippen LogP contribution in [0.2, 0.25) is 0 Å². The second-order valence-corrected chi connectivity index (χ2v) is 8.24. The third-order valence-electron chi connectivity index (χ3n) is 4.28. The zero-order valence-electron chi connectivity index (χ0n) is 15.3. The zero-order chi connectivity index (χ0) is 20.3. The number of carbonyl (C=O) groups is 1. The van der Waals surface area contributed by atoms with Crippen LogP contribution >= 0.6 is 23.1 Å². The number of hydroxylamine groups is 2. The Balaban J connectivity index is 1.82. The van der Waals surface area contributed by atoms with Gasteiger partial charge in [0.15, 0.2) is 4.34 Å². The number of carbonyl (C=O) groups excluding carboxylic acids is 1. The largest absolute Gasteiger partial charge is 0.622 e. The van der Waals surface area contributed by atoms with Crippen LogP contribution in [0.1, 0.15) is 23.7 Å². The molecule has 12 heteroatoms. The van der Waals surface area contributed by atoms with E-state index in [2.05, 4.69) is 10.2 Å². The maximum absolute atomic E-state index is 13.6. The molecule has 0 N–H and O–H groups in total. The molecule has 0 bridgehead atoms. The molecule has 2 atom stereocenters. The first-order chi connectivity index (χ1) is 13.4. The Bertz CT molecular complexity index is 861. The summed E-state index contributed by atoms with van der Waals surface area (Å²) >= 11 is 2.58. The van der Waals surface area contributed by atoms with E-state index < -0.39 is 21.8 Å². The molecule has 1 aliphatic heterocycles. The molecule has 28 heavy (non-hydrogen) atoms. The Labute approximate surface area is 169 Å². The first-order valence-corrected chi connectivity index (χ1v) is 10.6. The van der Waals surface area contributed by atoms with Gasteiger partial charge >= 0.3 is 11.1 Å². The fourth-order valence-corrected chi connectivity index (χ4v) is 4.26. The monoisotopic (exact) mass is 425 g/mol. The lowest BCUT2D eigenvalue weighted by molar-refractivity contribution is -0.384. The molecule has 1 saturated heterocycles. The van der Waals surface area contributed by atoms with Crippen LogP contribution in [-0.2, 0) is 4.74 Å². The number of ether oxygens (including phenoxy) is 1. The van der Waals surface area contributed by atoms with E-state index >= 15 is 0 Å². The Morgan fingerprint density at radius 1 is 1.43 bits per heavy atom. The van der Waals surface area contributed by atoms with Gasteiger partial charge in [0, 0.05) is 18.7 Å². The number of nitrogens with zero attached hydrogens (tertiary/aromatic N) is 5. The molecule has 10 nitrogen and oxygen atoms in total. The van der Waals surface area contributed by atoms with E-state index in [1.807, 2.05) is 18.1 Å². The van der Waals surface area contributed by atoms with Gasteiger partial charge < -0.3 is 9.94 Å². The highest BCUT2D eigenvalue weighted by Gasteiger charge is 2.46. The van der Waals surface area contributed by atoms with E-state index in [0.717, 1.165) is 6.42 Å². The third-order valence-corrected chi connectivity index (χ3v) is 6.29. The molecular formula is C16H19N5O5S2. The van der Waals surface area contributed by atoms with E-state index in [9.17, 15) is 20.1 Å². The molecule has 1 aliphatic rings. The van der Waals surface area contributed by atoms with Crippen molar-refractivity contribution in [1.82, 2.24) is 19.7 Å². The SMILES string of the molecule is CCCN1CC(OC(=O)c2ccc([N+](=O)[O-])cc2)[N+]([O-])(c2nnc(SC)s2)C1. The maximum atomic E-state index is 13.6. The van der Waals surface area contributed by atoms with Crippen molar-refractivity contribution >= 4 is 39.9 Å². The molecule has 0 radical (unpaired) electrons. The van der Waals surface area contributed by atoms with Gasteiger partial charge in [-0.25, -0.2) is 9.69 Å². The average molecular weight is 425 g/mol. The summed E-state index contributed by atoms with van der Waals surface area (Å²) in [6, 6.07) is 5.08. The van der Waals surface area contributed by atoms with Gasteiger partial charge in [0.2, 0.25) is 0 Å². The van der Waals surface area contributed by atoms with Gasteiger partial charge in [0.05, 0.1) is 17.0 Å². The van der Waals surface area contributed by atoms with E-state index in [-0.39, 0.29) is 29.6 Å². The number of hydrogen-bond acceptors (Lipinski definition) is 10. The minimum atomic E-state index is -0.989. The number of nitro groups is 1. The van der Waals surface area contributed by atoms with Crippen molar-refractivity contribution < 1.29 is 14.5 Å². The van der Waals surface area contributed by atoms with Gasteiger partial charge in [-0.1, -0.05) is 23.8 Å². The molecule has 0 aliphatic carbocycles. The third kappa shape index (κ3) is 4.15. The number of thioether (sulfide) groups is 1. The topological polar surface area (TPSA) is 122 Å². The molecule has 1 aromatic carbocycles. The lowest BCUT2D eigenvalue weighted by Crippen LogP contribution is -2.50. The number of hydrogen-bond donors (Lipinski definition) is 0. The van der Waals surface area contributed by atoms with Gasteiger partial charge in [-0.2, -0.15) is 0 Å². The van der Waals surface area contributed by atoms with Gasteiger partial charge in [-0.15, -0.1) is 5.10 Å². The number of rotatable bonds is 7. The molecule has 2 heterocycles. The molecule has 2 unspecified atom stereocenters. The minimum absolute atomic E-state index is 0.120. The fourth-order valence-electron chi connectivity index (χ4n) is 2.93. The summed E-state index contributed by atoms with van der Waals surface area (Å²) in [7, 11) is 0. The van der Waals surface area contributed by atoms with Crippen LogP contribution in [0.25, 0.3) is 0 Å². The molecule has 3 rings (SSSR count). The molecule has 150 valence electrons. The summed E-state index contributed by atoms with van der Waals surface area (Å²) in [5.41, 5.74) is 0.0205. The Morgan fingerprint density at radius 3 is 2.71 bits per heavy atom. The summed E-state index contributed by atoms with van der Waals surface area (Å²) < 4.78 is 5.29. The predicted molar refractivity (Wildman–Crippen MR) is 106 cm³/mol. The van der Waals surface area contributed by atoms with Gasteiger partial charge in [0.1, 0.15) is 6.67 Å². The summed E-state index contributed by atoms with van der Waals surface area (Å²) in [5, 5.41) is 32.6. The minimum Gasteiger partial charge on any atom is -0.622 e. The van der Waals surface area contributed by atoms with E-state index in [4.69, 9.17) is 4.74 Å². The van der Waals surface area contributed by atoms with Crippen molar-refractivity contribution in [3.8, 4) is 0 Å². The van der Waals surface area contributed by atoms with Gasteiger partial charge in [-0.05, 0) is 36.1 Å². The van der Waals surface area contributed by atoms with E-state index in [0.29, 0.717) is 10.9 Å². The summed E-state index contributed by atoms with van der Waals surface area (Å²) in [4.78, 5) is 24.7. The van der Waals surface area contributed by atoms with Crippen LogP contribution in [0, 0.1) is 15.3 Å². The highest BCUT2D eigenvalue weighted by molar-refractivity contribution is 8.00. The lowest BCUT2D eigenvalue weighted by Gasteiger charge is -2.38. The van der Waals surface area contributed by atoms with Gasteiger partial charge in [0.25, 0.3) is 11.9 Å². The lowest BCUT2D eigenvalue weighted by atomic mass is 10.2. The summed E-state index contributed by atoms with van der Waals surface area (Å²) in [6.45, 7) is 3.10. The normalized spacial score (nSPS) is 22.3. The predicted octanol–water partition coefficient (Wildman–Crippen LogP) is 2.84. The van der Waals surface area contributed by atoms with Crippen LogP contribution < -0.4 is 4.65 Å². The zero-order valence-corrected chi connectivity index (χ0v) is 16.9. The van der Waals surface area contributed by atoms with Crippen molar-refractivity contribution in [2.45, 2.75) is 23.9 Å². The number of non-ortho nitro benzene ring substituents is 1.